The van der Waals surface area contributed by atoms with Crippen LogP contribution in [-0.4, -0.2) is 0 Å². The van der Waals surface area contributed by atoms with E-state index in [-0.39, 0.29) is 0 Å². The summed E-state index contributed by atoms with van der Waals surface area (Å²) in [5, 5.41) is 0. The van der Waals surface area contributed by atoms with E-state index in [9.17, 15) is 0 Å². The number of benzene rings is 1. The van der Waals surface area contributed by atoms with E-state index in [1.54, 1.807) is 0 Å². The maximum atomic E-state index is 5.95. The Morgan fingerprint density at radius 3 is 2.62 bits per heavy atom. The van der Waals surface area contributed by atoms with Gasteiger partial charge in [-0.1, -0.05) is 29.8 Å². The minimum absolute atomic E-state index is 0.539. The highest BCUT2D eigenvalue weighted by Gasteiger charge is 2.08. The second kappa shape index (κ2) is 4.14. The molecule has 1 rings (SSSR count). The molecule has 72 valence electrons. The van der Waals surface area contributed by atoms with E-state index in [0.717, 1.165) is 16.6 Å². The van der Waals surface area contributed by atoms with Crippen LogP contribution in [0.1, 0.15) is 37.3 Å². The van der Waals surface area contributed by atoms with Crippen molar-refractivity contribution < 1.29 is 0 Å². The summed E-state index contributed by atoms with van der Waals surface area (Å²) in [7, 11) is 0. The summed E-state index contributed by atoms with van der Waals surface area (Å²) in [5.74, 6) is 0.539. The molecule has 0 aliphatic carbocycles. The van der Waals surface area contributed by atoms with Gasteiger partial charge in [-0.25, -0.2) is 0 Å². The molecule has 0 saturated heterocycles. The summed E-state index contributed by atoms with van der Waals surface area (Å²) in [6, 6.07) is 4.17. The first-order chi connectivity index (χ1) is 6.06. The predicted octanol–water partition coefficient (Wildman–Crippen LogP) is 3.85. The van der Waals surface area contributed by atoms with Gasteiger partial charge in [0.15, 0.2) is 0 Å². The van der Waals surface area contributed by atoms with Crippen molar-refractivity contribution in [1.82, 2.24) is 0 Å². The van der Waals surface area contributed by atoms with Gasteiger partial charge in [-0.15, -0.1) is 0 Å². The Morgan fingerprint density at radius 2 is 2.08 bits per heavy atom. The number of aryl methyl sites for hydroxylation is 1. The van der Waals surface area contributed by atoms with Crippen molar-refractivity contribution >= 4 is 21.6 Å². The van der Waals surface area contributed by atoms with Crippen molar-refractivity contribution in [3.63, 3.8) is 0 Å². The molecular formula is C11H16BrN. The average Bonchev–Trinajstić information content (AvgIpc) is 2.10. The van der Waals surface area contributed by atoms with E-state index in [4.69, 9.17) is 5.73 Å². The predicted molar refractivity (Wildman–Crippen MR) is 62.0 cm³/mol. The summed E-state index contributed by atoms with van der Waals surface area (Å²) in [5.41, 5.74) is 9.31. The van der Waals surface area contributed by atoms with Crippen LogP contribution < -0.4 is 5.73 Å². The van der Waals surface area contributed by atoms with E-state index in [1.165, 1.54) is 11.1 Å². The lowest BCUT2D eigenvalue weighted by atomic mass is 9.96. The van der Waals surface area contributed by atoms with Gasteiger partial charge in [0.25, 0.3) is 0 Å². The zero-order chi connectivity index (χ0) is 10.0. The van der Waals surface area contributed by atoms with Gasteiger partial charge in [0.2, 0.25) is 0 Å². The molecule has 1 nitrogen and oxygen atoms in total. The zero-order valence-corrected chi connectivity index (χ0v) is 9.98. The Morgan fingerprint density at radius 1 is 1.46 bits per heavy atom. The van der Waals surface area contributed by atoms with Crippen LogP contribution in [0.2, 0.25) is 0 Å². The van der Waals surface area contributed by atoms with Crippen molar-refractivity contribution in [3.05, 3.63) is 27.7 Å². The Hall–Kier alpha value is -0.500. The van der Waals surface area contributed by atoms with Crippen LogP contribution in [0.5, 0.6) is 0 Å². The number of rotatable bonds is 2. The monoisotopic (exact) mass is 241 g/mol. The molecule has 0 heterocycles. The molecule has 13 heavy (non-hydrogen) atoms. The summed E-state index contributed by atoms with van der Waals surface area (Å²) in [6.07, 6.45) is 1.12. The fraction of sp³-hybridized carbons (Fsp3) is 0.455. The highest BCUT2D eigenvalue weighted by molar-refractivity contribution is 9.10. The Kier molecular flexibility index (Phi) is 3.37. The summed E-state index contributed by atoms with van der Waals surface area (Å²) in [4.78, 5) is 0. The molecule has 1 aromatic carbocycles. The topological polar surface area (TPSA) is 26.0 Å². The molecule has 0 spiro atoms. The third-order valence-corrected chi connectivity index (χ3v) is 3.36. The van der Waals surface area contributed by atoms with Crippen LogP contribution in [0.3, 0.4) is 0 Å². The summed E-state index contributed by atoms with van der Waals surface area (Å²) in [6.45, 7) is 6.44. The summed E-state index contributed by atoms with van der Waals surface area (Å²) < 4.78 is 1.15. The van der Waals surface area contributed by atoms with Crippen molar-refractivity contribution in [1.29, 1.82) is 0 Å². The number of nitrogen functional groups attached to an aromatic ring is 1. The third kappa shape index (κ3) is 2.25. The van der Waals surface area contributed by atoms with E-state index in [2.05, 4.69) is 42.8 Å². The van der Waals surface area contributed by atoms with E-state index < -0.39 is 0 Å². The molecule has 0 saturated carbocycles. The summed E-state index contributed by atoms with van der Waals surface area (Å²) >= 11 is 3.52. The third-order valence-electron chi connectivity index (χ3n) is 2.51. The minimum atomic E-state index is 0.539. The van der Waals surface area contributed by atoms with Gasteiger partial charge in [-0.2, -0.15) is 0 Å². The van der Waals surface area contributed by atoms with Crippen molar-refractivity contribution in [2.75, 3.05) is 5.73 Å². The van der Waals surface area contributed by atoms with Crippen LogP contribution in [0.15, 0.2) is 16.6 Å². The highest BCUT2D eigenvalue weighted by atomic mass is 79.9. The second-order valence-electron chi connectivity index (χ2n) is 3.54. The minimum Gasteiger partial charge on any atom is -0.398 e. The molecular weight excluding hydrogens is 226 g/mol. The lowest BCUT2D eigenvalue weighted by Gasteiger charge is -2.13. The maximum Gasteiger partial charge on any atom is 0.0352 e. The zero-order valence-electron chi connectivity index (χ0n) is 8.39. The molecule has 0 fully saturated rings. The Balaban J connectivity index is 3.15. The molecule has 0 radical (unpaired) electrons. The van der Waals surface area contributed by atoms with Gasteiger partial charge in [-0.3, -0.25) is 0 Å². The van der Waals surface area contributed by atoms with Crippen molar-refractivity contribution in [3.8, 4) is 0 Å². The SMILES string of the molecule is CCC(C)c1cc(Br)c(C)cc1N. The van der Waals surface area contributed by atoms with Gasteiger partial charge >= 0.3 is 0 Å². The molecule has 0 aliphatic heterocycles. The molecule has 1 atom stereocenters. The molecule has 0 amide bonds. The molecule has 0 aromatic heterocycles. The lowest BCUT2D eigenvalue weighted by Crippen LogP contribution is -1.99. The standard InChI is InChI=1S/C11H16BrN/c1-4-7(2)9-6-10(12)8(3)5-11(9)13/h5-7H,4,13H2,1-3H3. The normalized spacial score (nSPS) is 12.9. The highest BCUT2D eigenvalue weighted by Crippen LogP contribution is 2.30. The quantitative estimate of drug-likeness (QED) is 0.783. The molecule has 1 unspecified atom stereocenters. The number of hydrogen-bond acceptors (Lipinski definition) is 1. The maximum absolute atomic E-state index is 5.95. The van der Waals surface area contributed by atoms with Crippen LogP contribution in [0, 0.1) is 6.92 Å². The van der Waals surface area contributed by atoms with E-state index in [0.29, 0.717) is 5.92 Å². The van der Waals surface area contributed by atoms with Crippen LogP contribution in [0.4, 0.5) is 5.69 Å². The average molecular weight is 242 g/mol. The first-order valence-corrected chi connectivity index (χ1v) is 5.41. The van der Waals surface area contributed by atoms with Gasteiger partial charge < -0.3 is 5.73 Å². The van der Waals surface area contributed by atoms with Crippen molar-refractivity contribution in [2.45, 2.75) is 33.1 Å². The molecule has 0 aliphatic rings. The first-order valence-electron chi connectivity index (χ1n) is 4.61. The smallest absolute Gasteiger partial charge is 0.0352 e. The van der Waals surface area contributed by atoms with Gasteiger partial charge in [0, 0.05) is 10.2 Å². The van der Waals surface area contributed by atoms with Gasteiger partial charge in [-0.05, 0) is 42.5 Å². The van der Waals surface area contributed by atoms with Crippen molar-refractivity contribution in [2.24, 2.45) is 0 Å². The molecule has 1 aromatic rings. The largest absolute Gasteiger partial charge is 0.398 e. The van der Waals surface area contributed by atoms with E-state index >= 15 is 0 Å². The number of halogens is 1. The number of anilines is 1. The number of nitrogens with two attached hydrogens (primary N) is 1. The fourth-order valence-corrected chi connectivity index (χ4v) is 1.73. The van der Waals surface area contributed by atoms with Crippen LogP contribution in [0.25, 0.3) is 0 Å². The van der Waals surface area contributed by atoms with Crippen LogP contribution >= 0.6 is 15.9 Å². The van der Waals surface area contributed by atoms with E-state index in [1.807, 2.05) is 6.07 Å². The second-order valence-corrected chi connectivity index (χ2v) is 4.39. The molecule has 2 N–H and O–H groups in total. The van der Waals surface area contributed by atoms with Crippen LogP contribution in [-0.2, 0) is 0 Å². The lowest BCUT2D eigenvalue weighted by molar-refractivity contribution is 0.735. The Labute approximate surface area is 88.5 Å². The fourth-order valence-electron chi connectivity index (χ4n) is 1.37. The first kappa shape index (κ1) is 10.6. The Bertz CT molecular complexity index is 307. The van der Waals surface area contributed by atoms with Gasteiger partial charge in [0.1, 0.15) is 0 Å². The van der Waals surface area contributed by atoms with Gasteiger partial charge in [0.05, 0.1) is 0 Å². The number of hydrogen-bond donors (Lipinski definition) is 1. The molecule has 0 bridgehead atoms. The molecule has 2 heteroatoms.